The van der Waals surface area contributed by atoms with E-state index in [1.165, 1.54) is 0 Å². The lowest BCUT2D eigenvalue weighted by atomic mass is 10.1. The molecule has 0 bridgehead atoms. The Bertz CT molecular complexity index is 317. The summed E-state index contributed by atoms with van der Waals surface area (Å²) in [6, 6.07) is 9.86. The number of rotatable bonds is 3. The molecule has 0 spiro atoms. The summed E-state index contributed by atoms with van der Waals surface area (Å²) >= 11 is 1.66. The van der Waals surface area contributed by atoms with Crippen molar-refractivity contribution in [1.82, 2.24) is 0 Å². The van der Waals surface area contributed by atoms with Crippen molar-refractivity contribution < 1.29 is 0 Å². The molecule has 3 heteroatoms. The summed E-state index contributed by atoms with van der Waals surface area (Å²) in [6.45, 7) is 0. The van der Waals surface area contributed by atoms with Gasteiger partial charge in [0.1, 0.15) is 0 Å². The highest BCUT2D eigenvalue weighted by molar-refractivity contribution is 7.98. The molecule has 0 aromatic heterocycles. The molecule has 0 saturated carbocycles. The van der Waals surface area contributed by atoms with E-state index in [1.54, 1.807) is 11.8 Å². The molecule has 1 atom stereocenters. The maximum atomic E-state index is 8.52. The van der Waals surface area contributed by atoms with E-state index >= 15 is 0 Å². The number of nitrogens with zero attached hydrogens (tertiary/aromatic N) is 1. The average molecular weight is 192 g/mol. The topological polar surface area (TPSA) is 49.8 Å². The minimum atomic E-state index is -0.159. The van der Waals surface area contributed by atoms with E-state index < -0.39 is 0 Å². The molecule has 0 unspecified atom stereocenters. The van der Waals surface area contributed by atoms with E-state index in [9.17, 15) is 0 Å². The summed E-state index contributed by atoms with van der Waals surface area (Å²) in [7, 11) is 0. The summed E-state index contributed by atoms with van der Waals surface area (Å²) in [6.07, 6.45) is 2.38. The Morgan fingerprint density at radius 2 is 2.23 bits per heavy atom. The summed E-state index contributed by atoms with van der Waals surface area (Å²) in [5, 5.41) is 8.52. The first-order valence-corrected chi connectivity index (χ1v) is 5.27. The lowest BCUT2D eigenvalue weighted by Gasteiger charge is -2.11. The van der Waals surface area contributed by atoms with Crippen LogP contribution in [0.5, 0.6) is 0 Å². The van der Waals surface area contributed by atoms with Gasteiger partial charge in [-0.1, -0.05) is 18.2 Å². The van der Waals surface area contributed by atoms with Crippen molar-refractivity contribution in [2.45, 2.75) is 17.4 Å². The zero-order valence-corrected chi connectivity index (χ0v) is 8.34. The van der Waals surface area contributed by atoms with Gasteiger partial charge < -0.3 is 5.73 Å². The second kappa shape index (κ2) is 4.90. The highest BCUT2D eigenvalue weighted by Crippen LogP contribution is 2.25. The molecule has 2 N–H and O–H groups in total. The van der Waals surface area contributed by atoms with Gasteiger partial charge in [-0.15, -0.1) is 11.8 Å². The first kappa shape index (κ1) is 10.1. The lowest BCUT2D eigenvalue weighted by molar-refractivity contribution is 0.733. The monoisotopic (exact) mass is 192 g/mol. The maximum absolute atomic E-state index is 8.52. The number of benzene rings is 1. The summed E-state index contributed by atoms with van der Waals surface area (Å²) < 4.78 is 0. The van der Waals surface area contributed by atoms with Gasteiger partial charge in [0, 0.05) is 10.9 Å². The molecule has 0 aliphatic rings. The third-order valence-electron chi connectivity index (χ3n) is 1.85. The molecular weight excluding hydrogens is 180 g/mol. The number of hydrogen-bond donors (Lipinski definition) is 1. The lowest BCUT2D eigenvalue weighted by Crippen LogP contribution is -2.10. The molecule has 1 rings (SSSR count). The van der Waals surface area contributed by atoms with Crippen LogP contribution in [0.4, 0.5) is 0 Å². The van der Waals surface area contributed by atoms with Gasteiger partial charge in [0.05, 0.1) is 12.5 Å². The quantitative estimate of drug-likeness (QED) is 0.748. The zero-order valence-electron chi connectivity index (χ0n) is 7.53. The highest BCUT2D eigenvalue weighted by atomic mass is 32.2. The van der Waals surface area contributed by atoms with E-state index in [-0.39, 0.29) is 6.04 Å². The van der Waals surface area contributed by atoms with Gasteiger partial charge in [-0.3, -0.25) is 0 Å². The van der Waals surface area contributed by atoms with Crippen molar-refractivity contribution in [3.63, 3.8) is 0 Å². The van der Waals surface area contributed by atoms with E-state index in [0.29, 0.717) is 6.42 Å². The van der Waals surface area contributed by atoms with Crippen LogP contribution in [0.15, 0.2) is 29.2 Å². The first-order valence-electron chi connectivity index (χ1n) is 4.05. The van der Waals surface area contributed by atoms with Crippen molar-refractivity contribution in [3.8, 4) is 6.07 Å². The molecule has 0 fully saturated rings. The van der Waals surface area contributed by atoms with Crippen LogP contribution in [0.3, 0.4) is 0 Å². The fraction of sp³-hybridized carbons (Fsp3) is 0.300. The molecule has 0 heterocycles. The van der Waals surface area contributed by atoms with Crippen molar-refractivity contribution in [3.05, 3.63) is 29.8 Å². The normalized spacial score (nSPS) is 12.1. The Balaban J connectivity index is 2.93. The Kier molecular flexibility index (Phi) is 3.81. The van der Waals surface area contributed by atoms with E-state index in [1.807, 2.05) is 30.5 Å². The molecule has 0 aliphatic carbocycles. The van der Waals surface area contributed by atoms with Crippen LogP contribution in [-0.4, -0.2) is 6.26 Å². The molecule has 68 valence electrons. The van der Waals surface area contributed by atoms with E-state index in [0.717, 1.165) is 10.5 Å². The highest BCUT2D eigenvalue weighted by Gasteiger charge is 2.08. The standard InChI is InChI=1S/C10H12N2S/c1-13-10-5-3-2-4-8(10)9(12)6-7-11/h2-5,9H,6,12H2,1H3/t9-/m1/s1. The van der Waals surface area contributed by atoms with E-state index in [4.69, 9.17) is 11.0 Å². The largest absolute Gasteiger partial charge is 0.323 e. The van der Waals surface area contributed by atoms with Crippen molar-refractivity contribution in [1.29, 1.82) is 5.26 Å². The number of hydrogen-bond acceptors (Lipinski definition) is 3. The zero-order chi connectivity index (χ0) is 9.68. The summed E-state index contributed by atoms with van der Waals surface area (Å²) in [5.41, 5.74) is 6.91. The number of nitrogens with two attached hydrogens (primary N) is 1. The average Bonchev–Trinajstić information content (AvgIpc) is 2.18. The van der Waals surface area contributed by atoms with Gasteiger partial charge in [-0.05, 0) is 17.9 Å². The summed E-state index contributed by atoms with van der Waals surface area (Å²) in [5.74, 6) is 0. The van der Waals surface area contributed by atoms with E-state index in [2.05, 4.69) is 6.07 Å². The molecule has 2 nitrogen and oxygen atoms in total. The van der Waals surface area contributed by atoms with Crippen LogP contribution in [0.25, 0.3) is 0 Å². The van der Waals surface area contributed by atoms with Crippen LogP contribution in [-0.2, 0) is 0 Å². The number of thioether (sulfide) groups is 1. The fourth-order valence-corrected chi connectivity index (χ4v) is 1.85. The predicted molar refractivity (Wildman–Crippen MR) is 55.4 cm³/mol. The SMILES string of the molecule is CSc1ccccc1[C@H](N)CC#N. The predicted octanol–water partition coefficient (Wildman–Crippen LogP) is 2.32. The minimum absolute atomic E-state index is 0.159. The minimum Gasteiger partial charge on any atom is -0.323 e. The van der Waals surface area contributed by atoms with Gasteiger partial charge in [0.2, 0.25) is 0 Å². The Morgan fingerprint density at radius 3 is 2.85 bits per heavy atom. The second-order valence-corrected chi connectivity index (χ2v) is 3.56. The molecule has 0 radical (unpaired) electrons. The Labute approximate surface area is 82.7 Å². The third-order valence-corrected chi connectivity index (χ3v) is 2.66. The molecule has 0 aliphatic heterocycles. The van der Waals surface area contributed by atoms with Crippen molar-refractivity contribution >= 4 is 11.8 Å². The molecular formula is C10H12N2S. The Hall–Kier alpha value is -0.980. The van der Waals surface area contributed by atoms with Crippen LogP contribution in [0.2, 0.25) is 0 Å². The van der Waals surface area contributed by atoms with Crippen molar-refractivity contribution in [2.75, 3.05) is 6.26 Å². The number of nitriles is 1. The molecule has 0 amide bonds. The smallest absolute Gasteiger partial charge is 0.0641 e. The van der Waals surface area contributed by atoms with Gasteiger partial charge in [0.15, 0.2) is 0 Å². The second-order valence-electron chi connectivity index (χ2n) is 2.71. The summed E-state index contributed by atoms with van der Waals surface area (Å²) in [4.78, 5) is 1.16. The molecule has 1 aromatic carbocycles. The van der Waals surface area contributed by atoms with Crippen LogP contribution in [0, 0.1) is 11.3 Å². The van der Waals surface area contributed by atoms with Gasteiger partial charge in [-0.2, -0.15) is 5.26 Å². The first-order chi connectivity index (χ1) is 6.29. The maximum Gasteiger partial charge on any atom is 0.0641 e. The van der Waals surface area contributed by atoms with Crippen LogP contribution < -0.4 is 5.73 Å². The fourth-order valence-electron chi connectivity index (χ4n) is 1.18. The third kappa shape index (κ3) is 2.48. The van der Waals surface area contributed by atoms with Gasteiger partial charge in [0.25, 0.3) is 0 Å². The molecule has 0 saturated heterocycles. The molecule has 1 aromatic rings. The van der Waals surface area contributed by atoms with Gasteiger partial charge in [-0.25, -0.2) is 0 Å². The molecule has 13 heavy (non-hydrogen) atoms. The van der Waals surface area contributed by atoms with Gasteiger partial charge >= 0.3 is 0 Å². The van der Waals surface area contributed by atoms with Crippen molar-refractivity contribution in [2.24, 2.45) is 5.73 Å². The Morgan fingerprint density at radius 1 is 1.54 bits per heavy atom. The van der Waals surface area contributed by atoms with Crippen LogP contribution in [0.1, 0.15) is 18.0 Å². The van der Waals surface area contributed by atoms with Crippen LogP contribution >= 0.6 is 11.8 Å².